The summed E-state index contributed by atoms with van der Waals surface area (Å²) in [6.45, 7) is 15.6. The van der Waals surface area contributed by atoms with Crippen molar-refractivity contribution in [1.82, 2.24) is 0 Å². The monoisotopic (exact) mass is 206 g/mol. The Balaban J connectivity index is -0.0000000321. The molecule has 0 radical (unpaired) electrons. The van der Waals surface area contributed by atoms with Gasteiger partial charge in [-0.3, -0.25) is 0 Å². The molecule has 0 rings (SSSR count). The zero-order valence-corrected chi connectivity index (χ0v) is 9.49. The molecule has 0 aromatic carbocycles. The predicted molar refractivity (Wildman–Crippen MR) is 75.1 cm³/mol. The maximum atomic E-state index is 2.24. The number of rotatable bonds is 1. The number of hydrogen-bond acceptors (Lipinski definition) is 0. The second-order valence-electron chi connectivity index (χ2n) is 4.72. The lowest BCUT2D eigenvalue weighted by atomic mass is 9.94. The standard InChI is InChI=1S/C6H14.C5H12.3CH4/c1-5-6(2,3)4;1-4-5(2)3;;;/h5H2,1-4H3;5H,4H2,1-3H3;3*1H4. The molecule has 0 amide bonds. The van der Waals surface area contributed by atoms with Gasteiger partial charge in [0.15, 0.2) is 0 Å². The fraction of sp³-hybridized carbons (Fsp3) is 1.00. The molecule has 0 aromatic rings. The lowest BCUT2D eigenvalue weighted by Crippen LogP contribution is -2.00. The van der Waals surface area contributed by atoms with Crippen molar-refractivity contribution in [2.45, 2.75) is 83.6 Å². The van der Waals surface area contributed by atoms with Gasteiger partial charge in [-0.15, -0.1) is 0 Å². The molecule has 0 aliphatic heterocycles. The Labute approximate surface area is 95.5 Å². The first-order valence-electron chi connectivity index (χ1n) is 4.83. The smallest absolute Gasteiger partial charge is 0.0385 e. The molecule has 0 atom stereocenters. The van der Waals surface area contributed by atoms with Gasteiger partial charge in [-0.25, -0.2) is 0 Å². The van der Waals surface area contributed by atoms with Gasteiger partial charge in [0.2, 0.25) is 0 Å². The summed E-state index contributed by atoms with van der Waals surface area (Å²) in [7, 11) is 0. The SMILES string of the molecule is C.C.C.CCC(C)(C)C.CCC(C)C. The van der Waals surface area contributed by atoms with Crippen LogP contribution in [0.3, 0.4) is 0 Å². The topological polar surface area (TPSA) is 0 Å². The number of hydrogen-bond donors (Lipinski definition) is 0. The quantitative estimate of drug-likeness (QED) is 0.465. The molecular weight excluding hydrogens is 168 g/mol. The minimum absolute atomic E-state index is 0. The second-order valence-corrected chi connectivity index (χ2v) is 4.72. The van der Waals surface area contributed by atoms with E-state index in [1.165, 1.54) is 12.8 Å². The van der Waals surface area contributed by atoms with Crippen LogP contribution in [0, 0.1) is 11.3 Å². The van der Waals surface area contributed by atoms with E-state index in [0.717, 1.165) is 5.92 Å². The highest BCUT2D eigenvalue weighted by Gasteiger charge is 2.03. The normalized spacial score (nSPS) is 8.57. The first-order chi connectivity index (χ1) is 4.83. The molecule has 0 aliphatic carbocycles. The highest BCUT2D eigenvalue weighted by atomic mass is 14.1. The summed E-state index contributed by atoms with van der Waals surface area (Å²) in [5.74, 6) is 0.884. The van der Waals surface area contributed by atoms with Gasteiger partial charge >= 0.3 is 0 Å². The maximum Gasteiger partial charge on any atom is -0.0385 e. The minimum Gasteiger partial charge on any atom is -0.0776 e. The van der Waals surface area contributed by atoms with Gasteiger partial charge in [-0.2, -0.15) is 0 Å². The summed E-state index contributed by atoms with van der Waals surface area (Å²) >= 11 is 0. The van der Waals surface area contributed by atoms with Gasteiger partial charge in [-0.1, -0.05) is 83.6 Å². The van der Waals surface area contributed by atoms with Gasteiger partial charge in [0, 0.05) is 0 Å². The van der Waals surface area contributed by atoms with Gasteiger partial charge in [0.05, 0.1) is 0 Å². The largest absolute Gasteiger partial charge is 0.0776 e. The molecule has 14 heavy (non-hydrogen) atoms. The summed E-state index contributed by atoms with van der Waals surface area (Å²) < 4.78 is 0. The van der Waals surface area contributed by atoms with Crippen molar-refractivity contribution in [3.8, 4) is 0 Å². The zero-order valence-electron chi connectivity index (χ0n) is 9.49. The molecule has 0 fully saturated rings. The van der Waals surface area contributed by atoms with Crippen LogP contribution in [-0.4, -0.2) is 0 Å². The highest BCUT2D eigenvalue weighted by molar-refractivity contribution is 4.55. The Bertz CT molecular complexity index is 64.6. The summed E-state index contributed by atoms with van der Waals surface area (Å²) in [6, 6.07) is 0. The van der Waals surface area contributed by atoms with E-state index in [2.05, 4.69) is 48.5 Å². The highest BCUT2D eigenvalue weighted by Crippen LogP contribution is 2.16. The van der Waals surface area contributed by atoms with E-state index in [9.17, 15) is 0 Å². The van der Waals surface area contributed by atoms with Crippen molar-refractivity contribution in [2.75, 3.05) is 0 Å². The van der Waals surface area contributed by atoms with Crippen LogP contribution >= 0.6 is 0 Å². The van der Waals surface area contributed by atoms with Crippen LogP contribution in [-0.2, 0) is 0 Å². The summed E-state index contributed by atoms with van der Waals surface area (Å²) in [5, 5.41) is 0. The van der Waals surface area contributed by atoms with Crippen molar-refractivity contribution in [2.24, 2.45) is 11.3 Å². The Kier molecular flexibility index (Phi) is 32.3. The molecule has 0 aromatic heterocycles. The third-order valence-corrected chi connectivity index (χ3v) is 1.88. The third kappa shape index (κ3) is 58.1. The van der Waals surface area contributed by atoms with Crippen LogP contribution in [0.2, 0.25) is 0 Å². The minimum atomic E-state index is 0. The van der Waals surface area contributed by atoms with Crippen molar-refractivity contribution in [3.05, 3.63) is 0 Å². The first-order valence-corrected chi connectivity index (χ1v) is 4.83. The first kappa shape index (κ1) is 29.2. The van der Waals surface area contributed by atoms with Crippen molar-refractivity contribution >= 4 is 0 Å². The lowest BCUT2D eigenvalue weighted by molar-refractivity contribution is 0.398. The van der Waals surface area contributed by atoms with E-state index >= 15 is 0 Å². The summed E-state index contributed by atoms with van der Waals surface area (Å²) in [5.41, 5.74) is 0.542. The average molecular weight is 206 g/mol. The average Bonchev–Trinajstić information content (AvgIpc) is 1.88. The molecule has 0 aliphatic rings. The van der Waals surface area contributed by atoms with E-state index < -0.39 is 0 Å². The molecule has 0 spiro atoms. The van der Waals surface area contributed by atoms with E-state index in [4.69, 9.17) is 0 Å². The van der Waals surface area contributed by atoms with E-state index in [1.54, 1.807) is 0 Å². The van der Waals surface area contributed by atoms with Crippen molar-refractivity contribution in [1.29, 1.82) is 0 Å². The van der Waals surface area contributed by atoms with Gasteiger partial charge in [0.1, 0.15) is 0 Å². The molecule has 0 heteroatoms. The molecule has 0 bridgehead atoms. The van der Waals surface area contributed by atoms with Crippen LogP contribution in [0.1, 0.15) is 83.6 Å². The predicted octanol–water partition coefficient (Wildman–Crippen LogP) is 6.40. The van der Waals surface area contributed by atoms with Gasteiger partial charge < -0.3 is 0 Å². The summed E-state index contributed by atoms with van der Waals surface area (Å²) in [4.78, 5) is 0. The van der Waals surface area contributed by atoms with Crippen LogP contribution in [0.4, 0.5) is 0 Å². The van der Waals surface area contributed by atoms with Gasteiger partial charge in [-0.05, 0) is 11.3 Å². The molecule has 0 nitrogen and oxygen atoms in total. The van der Waals surface area contributed by atoms with Crippen molar-refractivity contribution in [3.63, 3.8) is 0 Å². The van der Waals surface area contributed by atoms with Crippen LogP contribution < -0.4 is 0 Å². The molecule has 0 N–H and O–H groups in total. The Hall–Kier alpha value is 0. The van der Waals surface area contributed by atoms with Crippen LogP contribution in [0.15, 0.2) is 0 Å². The Morgan fingerprint density at radius 3 is 1.00 bits per heavy atom. The molecule has 0 saturated heterocycles. The van der Waals surface area contributed by atoms with E-state index in [1.807, 2.05) is 0 Å². The maximum absolute atomic E-state index is 2.24. The van der Waals surface area contributed by atoms with Crippen LogP contribution in [0.25, 0.3) is 0 Å². The molecule has 0 heterocycles. The van der Waals surface area contributed by atoms with Gasteiger partial charge in [0.25, 0.3) is 0 Å². The second kappa shape index (κ2) is 15.5. The zero-order chi connectivity index (χ0) is 9.49. The molecular formula is C14H38. The molecule has 94 valence electrons. The van der Waals surface area contributed by atoms with E-state index in [0.29, 0.717) is 5.41 Å². The Morgan fingerprint density at radius 1 is 0.857 bits per heavy atom. The van der Waals surface area contributed by atoms with E-state index in [-0.39, 0.29) is 22.3 Å². The van der Waals surface area contributed by atoms with Crippen LogP contribution in [0.5, 0.6) is 0 Å². The third-order valence-electron chi connectivity index (χ3n) is 1.88. The van der Waals surface area contributed by atoms with Crippen molar-refractivity contribution < 1.29 is 0 Å². The fourth-order valence-electron chi connectivity index (χ4n) is 0. The molecule has 0 saturated carbocycles. The fourth-order valence-corrected chi connectivity index (χ4v) is 0. The molecule has 0 unspecified atom stereocenters. The summed E-state index contributed by atoms with van der Waals surface area (Å²) in [6.07, 6.45) is 2.58. The lowest BCUT2D eigenvalue weighted by Gasteiger charge is -2.12. The Morgan fingerprint density at radius 2 is 1.00 bits per heavy atom.